The largest absolute Gasteiger partial charge is 0.463 e. The number of ether oxygens (including phenoxy) is 1. The molecular formula is C15H12F4N4O2. The summed E-state index contributed by atoms with van der Waals surface area (Å²) in [6.07, 6.45) is -3.79. The third-order valence-corrected chi connectivity index (χ3v) is 3.56. The summed E-state index contributed by atoms with van der Waals surface area (Å²) in [5.41, 5.74) is -1.71. The Kier molecular flexibility index (Phi) is 4.19. The van der Waals surface area contributed by atoms with Gasteiger partial charge in [0.05, 0.1) is 12.2 Å². The number of fused-ring (bicyclic) bond motifs is 1. The fourth-order valence-corrected chi connectivity index (χ4v) is 2.57. The van der Waals surface area contributed by atoms with Crippen LogP contribution in [0.1, 0.15) is 18.5 Å². The summed E-state index contributed by atoms with van der Waals surface area (Å²) in [4.78, 5) is 16.0. The first kappa shape index (κ1) is 16.9. The summed E-state index contributed by atoms with van der Waals surface area (Å²) in [5.74, 6) is -1.89. The third-order valence-electron chi connectivity index (χ3n) is 3.56. The smallest absolute Gasteiger partial charge is 0.431 e. The van der Waals surface area contributed by atoms with Gasteiger partial charge in [-0.2, -0.15) is 23.3 Å². The number of carbonyl (C=O) groups excluding carboxylic acids is 1. The van der Waals surface area contributed by atoms with E-state index in [-0.39, 0.29) is 18.1 Å². The highest BCUT2D eigenvalue weighted by Crippen LogP contribution is 2.41. The number of halogens is 4. The van der Waals surface area contributed by atoms with Crippen LogP contribution in [0.3, 0.4) is 0 Å². The molecule has 10 heteroatoms. The second-order valence-corrected chi connectivity index (χ2v) is 5.11. The molecular weight excluding hydrogens is 344 g/mol. The van der Waals surface area contributed by atoms with Crippen molar-refractivity contribution in [1.29, 1.82) is 0 Å². The van der Waals surface area contributed by atoms with E-state index < -0.39 is 35.3 Å². The summed E-state index contributed by atoms with van der Waals surface area (Å²) in [6.45, 7) is 1.38. The molecule has 0 radical (unpaired) electrons. The van der Waals surface area contributed by atoms with Crippen molar-refractivity contribution < 1.29 is 27.1 Å². The number of nitrogens with one attached hydrogen (secondary N) is 1. The van der Waals surface area contributed by atoms with Crippen LogP contribution in [0.5, 0.6) is 0 Å². The van der Waals surface area contributed by atoms with Gasteiger partial charge in [-0.25, -0.2) is 13.9 Å². The maximum Gasteiger partial charge on any atom is 0.431 e. The molecule has 25 heavy (non-hydrogen) atoms. The number of benzene rings is 1. The molecule has 0 bridgehead atoms. The van der Waals surface area contributed by atoms with Gasteiger partial charge in [-0.1, -0.05) is 12.1 Å². The van der Waals surface area contributed by atoms with Gasteiger partial charge in [0, 0.05) is 0 Å². The van der Waals surface area contributed by atoms with E-state index in [2.05, 4.69) is 15.4 Å². The first-order valence-electron chi connectivity index (χ1n) is 7.23. The van der Waals surface area contributed by atoms with Crippen molar-refractivity contribution in [2.24, 2.45) is 0 Å². The predicted molar refractivity (Wildman–Crippen MR) is 77.9 cm³/mol. The highest BCUT2D eigenvalue weighted by atomic mass is 19.4. The molecule has 1 aromatic carbocycles. The second-order valence-electron chi connectivity index (χ2n) is 5.11. The van der Waals surface area contributed by atoms with E-state index in [9.17, 15) is 22.4 Å². The van der Waals surface area contributed by atoms with Crippen LogP contribution in [0.25, 0.3) is 0 Å². The van der Waals surface area contributed by atoms with Crippen LogP contribution in [0.4, 0.5) is 23.5 Å². The van der Waals surface area contributed by atoms with Gasteiger partial charge in [-0.05, 0) is 24.6 Å². The molecule has 0 fully saturated rings. The Morgan fingerprint density at radius 2 is 2.00 bits per heavy atom. The highest BCUT2D eigenvalue weighted by Gasteiger charge is 2.46. The van der Waals surface area contributed by atoms with Crippen LogP contribution in [0, 0.1) is 5.82 Å². The van der Waals surface area contributed by atoms with Crippen molar-refractivity contribution >= 4 is 11.9 Å². The van der Waals surface area contributed by atoms with Gasteiger partial charge in [0.2, 0.25) is 5.95 Å². The molecule has 1 N–H and O–H groups in total. The number of aromatic nitrogens is 3. The number of hydrogen-bond donors (Lipinski definition) is 1. The first-order valence-corrected chi connectivity index (χ1v) is 7.23. The number of rotatable bonds is 3. The predicted octanol–water partition coefficient (Wildman–Crippen LogP) is 2.81. The standard InChI is InChI=1S/C15H12F4N4O2/c1-2-25-13(24)10-11(8-3-5-9(16)6-4-8)23-14(20-7-21-23)22-12(10)15(17,18)19/h3-7,11H,2H2,1H3,(H,20,21,22)/t11-/m1/s1. The number of anilines is 1. The van der Waals surface area contributed by atoms with Gasteiger partial charge in [-0.15, -0.1) is 0 Å². The van der Waals surface area contributed by atoms with Crippen LogP contribution in [-0.4, -0.2) is 33.5 Å². The minimum atomic E-state index is -4.85. The fraction of sp³-hybridized carbons (Fsp3) is 0.267. The Morgan fingerprint density at radius 1 is 1.32 bits per heavy atom. The van der Waals surface area contributed by atoms with E-state index in [1.165, 1.54) is 19.1 Å². The van der Waals surface area contributed by atoms with Crippen LogP contribution >= 0.6 is 0 Å². The van der Waals surface area contributed by atoms with E-state index in [0.717, 1.165) is 23.1 Å². The van der Waals surface area contributed by atoms with E-state index >= 15 is 0 Å². The zero-order chi connectivity index (χ0) is 18.2. The fourth-order valence-electron chi connectivity index (χ4n) is 2.57. The summed E-state index contributed by atoms with van der Waals surface area (Å²) in [6, 6.07) is 3.48. The highest BCUT2D eigenvalue weighted by molar-refractivity contribution is 5.92. The molecule has 0 saturated carbocycles. The van der Waals surface area contributed by atoms with Crippen LogP contribution in [0.15, 0.2) is 41.9 Å². The van der Waals surface area contributed by atoms with E-state index in [1.807, 2.05) is 0 Å². The molecule has 3 rings (SSSR count). The van der Waals surface area contributed by atoms with Crippen molar-refractivity contribution in [1.82, 2.24) is 14.8 Å². The molecule has 2 heterocycles. The summed E-state index contributed by atoms with van der Waals surface area (Å²) in [7, 11) is 0. The first-order chi connectivity index (χ1) is 11.8. The molecule has 2 aromatic rings. The van der Waals surface area contributed by atoms with Crippen molar-refractivity contribution in [3.05, 3.63) is 53.2 Å². The Balaban J connectivity index is 2.24. The normalized spacial score (nSPS) is 17.1. The number of hydrogen-bond acceptors (Lipinski definition) is 5. The zero-order valence-electron chi connectivity index (χ0n) is 12.8. The van der Waals surface area contributed by atoms with Crippen molar-refractivity contribution in [2.75, 3.05) is 11.9 Å². The average Bonchev–Trinajstić information content (AvgIpc) is 3.01. The van der Waals surface area contributed by atoms with Gasteiger partial charge in [-0.3, -0.25) is 0 Å². The monoisotopic (exact) mass is 356 g/mol. The molecule has 1 aliphatic heterocycles. The Bertz CT molecular complexity index is 827. The van der Waals surface area contributed by atoms with Gasteiger partial charge < -0.3 is 10.1 Å². The molecule has 0 saturated heterocycles. The Labute approximate surface area is 139 Å². The van der Waals surface area contributed by atoms with Gasteiger partial charge >= 0.3 is 12.1 Å². The van der Waals surface area contributed by atoms with Crippen LogP contribution < -0.4 is 5.32 Å². The topological polar surface area (TPSA) is 69.0 Å². The molecule has 6 nitrogen and oxygen atoms in total. The number of nitrogens with zero attached hydrogens (tertiary/aromatic N) is 3. The summed E-state index contributed by atoms with van der Waals surface area (Å²) >= 11 is 0. The summed E-state index contributed by atoms with van der Waals surface area (Å²) in [5, 5.41) is 5.97. The molecule has 0 unspecified atom stereocenters. The maximum atomic E-state index is 13.5. The van der Waals surface area contributed by atoms with E-state index in [1.54, 1.807) is 0 Å². The molecule has 1 aromatic heterocycles. The maximum absolute atomic E-state index is 13.5. The quantitative estimate of drug-likeness (QED) is 0.677. The lowest BCUT2D eigenvalue weighted by atomic mass is 9.95. The molecule has 132 valence electrons. The molecule has 0 spiro atoms. The molecule has 0 aliphatic carbocycles. The minimum Gasteiger partial charge on any atom is -0.463 e. The Morgan fingerprint density at radius 3 is 2.60 bits per heavy atom. The number of esters is 1. The number of alkyl halides is 3. The molecule has 0 amide bonds. The van der Waals surface area contributed by atoms with Gasteiger partial charge in [0.1, 0.15) is 23.9 Å². The summed E-state index contributed by atoms with van der Waals surface area (Å²) < 4.78 is 59.6. The minimum absolute atomic E-state index is 0.103. The van der Waals surface area contributed by atoms with Crippen molar-refractivity contribution in [3.63, 3.8) is 0 Å². The lowest BCUT2D eigenvalue weighted by molar-refractivity contribution is -0.140. The number of carbonyl (C=O) groups is 1. The third kappa shape index (κ3) is 3.06. The van der Waals surface area contributed by atoms with E-state index in [0.29, 0.717) is 0 Å². The van der Waals surface area contributed by atoms with Gasteiger partial charge in [0.25, 0.3) is 0 Å². The number of allylic oxidation sites excluding steroid dienone is 1. The lowest BCUT2D eigenvalue weighted by Crippen LogP contribution is -2.35. The van der Waals surface area contributed by atoms with Crippen LogP contribution in [-0.2, 0) is 9.53 Å². The second kappa shape index (κ2) is 6.19. The average molecular weight is 356 g/mol. The van der Waals surface area contributed by atoms with E-state index in [4.69, 9.17) is 4.74 Å². The van der Waals surface area contributed by atoms with Crippen LogP contribution in [0.2, 0.25) is 0 Å². The molecule has 1 aliphatic rings. The van der Waals surface area contributed by atoms with Crippen molar-refractivity contribution in [2.45, 2.75) is 19.1 Å². The Hall–Kier alpha value is -2.91. The van der Waals surface area contributed by atoms with Gasteiger partial charge in [0.15, 0.2) is 0 Å². The SMILES string of the molecule is CCOC(=O)C1=C(C(F)(F)F)Nc2ncnn2[C@@H]1c1ccc(F)cc1. The van der Waals surface area contributed by atoms with Crippen molar-refractivity contribution in [3.8, 4) is 0 Å². The molecule has 1 atom stereocenters. The zero-order valence-corrected chi connectivity index (χ0v) is 12.8. The lowest BCUT2D eigenvalue weighted by Gasteiger charge is -2.30.